The Hall–Kier alpha value is -3.22. The summed E-state index contributed by atoms with van der Waals surface area (Å²) in [7, 11) is 0. The summed E-state index contributed by atoms with van der Waals surface area (Å²) in [5.41, 5.74) is 0.948. The van der Waals surface area contributed by atoms with E-state index in [1.165, 1.54) is 18.2 Å². The molecule has 0 unspecified atom stereocenters. The van der Waals surface area contributed by atoms with Gasteiger partial charge in [-0.3, -0.25) is 0 Å². The van der Waals surface area contributed by atoms with Crippen LogP contribution in [0.25, 0.3) is 0 Å². The van der Waals surface area contributed by atoms with Crippen LogP contribution in [0.3, 0.4) is 0 Å². The number of nitrogens with zero attached hydrogens (tertiary/aromatic N) is 2. The van der Waals surface area contributed by atoms with Gasteiger partial charge in [0.15, 0.2) is 0 Å². The SMILES string of the molecule is CCCOC(=O)c1ccc(N=Nc2ccc(O)c(C(=O)O)c2)cc1. The zero-order chi connectivity index (χ0) is 17.5. The van der Waals surface area contributed by atoms with Gasteiger partial charge in [-0.1, -0.05) is 6.92 Å². The first-order valence-corrected chi connectivity index (χ1v) is 7.26. The molecule has 2 aromatic carbocycles. The largest absolute Gasteiger partial charge is 0.507 e. The first-order valence-electron chi connectivity index (χ1n) is 7.26. The summed E-state index contributed by atoms with van der Waals surface area (Å²) in [5.74, 6) is -1.99. The Balaban J connectivity index is 2.11. The standard InChI is InChI=1S/C17H16N2O5/c1-2-9-24-17(23)11-3-5-12(6-4-11)18-19-13-7-8-15(20)14(10-13)16(21)22/h3-8,10,20H,2,9H2,1H3,(H,21,22). The third kappa shape index (κ3) is 4.39. The predicted octanol–water partition coefficient (Wildman–Crippen LogP) is 4.07. The summed E-state index contributed by atoms with van der Waals surface area (Å²) in [4.78, 5) is 22.6. The van der Waals surface area contributed by atoms with E-state index in [0.29, 0.717) is 17.9 Å². The van der Waals surface area contributed by atoms with E-state index in [4.69, 9.17) is 9.84 Å². The lowest BCUT2D eigenvalue weighted by Crippen LogP contribution is -2.05. The van der Waals surface area contributed by atoms with Gasteiger partial charge < -0.3 is 14.9 Å². The van der Waals surface area contributed by atoms with E-state index in [0.717, 1.165) is 6.42 Å². The average molecular weight is 328 g/mol. The van der Waals surface area contributed by atoms with Crippen LogP contribution >= 0.6 is 0 Å². The van der Waals surface area contributed by atoms with Gasteiger partial charge in [0, 0.05) is 0 Å². The number of phenols is 1. The average Bonchev–Trinajstić information content (AvgIpc) is 2.59. The molecule has 0 saturated heterocycles. The Labute approximate surface area is 138 Å². The van der Waals surface area contributed by atoms with Crippen LogP contribution in [0.4, 0.5) is 11.4 Å². The molecule has 0 radical (unpaired) electrons. The number of azo groups is 1. The lowest BCUT2D eigenvalue weighted by Gasteiger charge is -2.03. The molecule has 0 amide bonds. The molecule has 0 aromatic heterocycles. The van der Waals surface area contributed by atoms with Crippen molar-refractivity contribution in [1.29, 1.82) is 0 Å². The van der Waals surface area contributed by atoms with Crippen LogP contribution in [0.5, 0.6) is 5.75 Å². The molecule has 0 aliphatic carbocycles. The fourth-order valence-electron chi connectivity index (χ4n) is 1.82. The summed E-state index contributed by atoms with van der Waals surface area (Å²) in [6.07, 6.45) is 0.753. The number of aromatic hydroxyl groups is 1. The molecule has 0 atom stereocenters. The molecule has 0 saturated carbocycles. The quantitative estimate of drug-likeness (QED) is 0.613. The van der Waals surface area contributed by atoms with E-state index in [2.05, 4.69) is 10.2 Å². The molecule has 2 aromatic rings. The first-order chi connectivity index (χ1) is 11.5. The minimum Gasteiger partial charge on any atom is -0.507 e. The van der Waals surface area contributed by atoms with Gasteiger partial charge in [0.2, 0.25) is 0 Å². The predicted molar refractivity (Wildman–Crippen MR) is 86.3 cm³/mol. The van der Waals surface area contributed by atoms with Crippen LogP contribution in [0.2, 0.25) is 0 Å². The van der Waals surface area contributed by atoms with Gasteiger partial charge in [0.1, 0.15) is 11.3 Å². The molecule has 0 bridgehead atoms. The Morgan fingerprint density at radius 2 is 1.67 bits per heavy atom. The smallest absolute Gasteiger partial charge is 0.339 e. The summed E-state index contributed by atoms with van der Waals surface area (Å²) >= 11 is 0. The molecule has 0 aliphatic rings. The van der Waals surface area contributed by atoms with Crippen LogP contribution < -0.4 is 0 Å². The highest BCUT2D eigenvalue weighted by Gasteiger charge is 2.10. The number of benzene rings is 2. The fourth-order valence-corrected chi connectivity index (χ4v) is 1.82. The van der Waals surface area contributed by atoms with Gasteiger partial charge >= 0.3 is 11.9 Å². The Kier molecular flexibility index (Phi) is 5.62. The van der Waals surface area contributed by atoms with Crippen LogP contribution in [-0.2, 0) is 4.74 Å². The second kappa shape index (κ2) is 7.87. The summed E-state index contributed by atoms with van der Waals surface area (Å²) in [6, 6.07) is 10.3. The first kappa shape index (κ1) is 17.1. The lowest BCUT2D eigenvalue weighted by molar-refractivity contribution is 0.0504. The summed E-state index contributed by atoms with van der Waals surface area (Å²) in [5, 5.41) is 26.3. The maximum Gasteiger partial charge on any atom is 0.339 e. The summed E-state index contributed by atoms with van der Waals surface area (Å²) < 4.78 is 5.02. The lowest BCUT2D eigenvalue weighted by atomic mass is 10.2. The maximum atomic E-state index is 11.7. The highest BCUT2D eigenvalue weighted by atomic mass is 16.5. The van der Waals surface area contributed by atoms with Gasteiger partial charge in [-0.05, 0) is 48.9 Å². The molecule has 7 nitrogen and oxygen atoms in total. The number of rotatable bonds is 6. The van der Waals surface area contributed by atoms with E-state index in [1.807, 2.05) is 6.92 Å². The van der Waals surface area contributed by atoms with Crippen LogP contribution in [0.1, 0.15) is 34.1 Å². The van der Waals surface area contributed by atoms with Gasteiger partial charge in [0.05, 0.1) is 23.5 Å². The Bertz CT molecular complexity index is 769. The van der Waals surface area contributed by atoms with Crippen molar-refractivity contribution in [2.24, 2.45) is 10.2 Å². The van der Waals surface area contributed by atoms with Crippen molar-refractivity contribution in [2.75, 3.05) is 6.61 Å². The van der Waals surface area contributed by atoms with Crippen LogP contribution in [-0.4, -0.2) is 28.8 Å². The molecule has 0 spiro atoms. The van der Waals surface area contributed by atoms with Crippen molar-refractivity contribution < 1.29 is 24.5 Å². The second-order valence-electron chi connectivity index (χ2n) is 4.89. The Morgan fingerprint density at radius 1 is 1.04 bits per heavy atom. The second-order valence-corrected chi connectivity index (χ2v) is 4.89. The van der Waals surface area contributed by atoms with Crippen molar-refractivity contribution in [3.63, 3.8) is 0 Å². The zero-order valence-corrected chi connectivity index (χ0v) is 13.0. The number of esters is 1. The fraction of sp³-hybridized carbons (Fsp3) is 0.176. The molecule has 7 heteroatoms. The van der Waals surface area contributed by atoms with E-state index < -0.39 is 11.9 Å². The molecule has 0 fully saturated rings. The number of carbonyl (C=O) groups is 2. The summed E-state index contributed by atoms with van der Waals surface area (Å²) in [6.45, 7) is 2.28. The monoisotopic (exact) mass is 328 g/mol. The molecule has 2 N–H and O–H groups in total. The Morgan fingerprint density at radius 3 is 2.29 bits per heavy atom. The van der Waals surface area contributed by atoms with E-state index >= 15 is 0 Å². The van der Waals surface area contributed by atoms with Gasteiger partial charge in [-0.15, -0.1) is 0 Å². The number of carboxylic acids is 1. The van der Waals surface area contributed by atoms with E-state index in [9.17, 15) is 14.7 Å². The topological polar surface area (TPSA) is 109 Å². The third-order valence-corrected chi connectivity index (χ3v) is 3.03. The number of hydrogen-bond donors (Lipinski definition) is 2. The molecule has 24 heavy (non-hydrogen) atoms. The number of carbonyl (C=O) groups excluding carboxylic acids is 1. The number of aromatic carboxylic acids is 1. The van der Waals surface area contributed by atoms with Crippen LogP contribution in [0.15, 0.2) is 52.7 Å². The van der Waals surface area contributed by atoms with E-state index in [-0.39, 0.29) is 17.0 Å². The number of carboxylic acid groups (broad SMARTS) is 1. The van der Waals surface area contributed by atoms with Crippen molar-refractivity contribution in [3.05, 3.63) is 53.6 Å². The van der Waals surface area contributed by atoms with Crippen molar-refractivity contribution in [2.45, 2.75) is 13.3 Å². The van der Waals surface area contributed by atoms with Crippen LogP contribution in [0, 0.1) is 0 Å². The maximum absolute atomic E-state index is 11.7. The van der Waals surface area contributed by atoms with Crippen molar-refractivity contribution in [3.8, 4) is 5.75 Å². The molecular weight excluding hydrogens is 312 g/mol. The van der Waals surface area contributed by atoms with E-state index in [1.54, 1.807) is 24.3 Å². The third-order valence-electron chi connectivity index (χ3n) is 3.03. The molecule has 2 rings (SSSR count). The van der Waals surface area contributed by atoms with Gasteiger partial charge in [-0.2, -0.15) is 10.2 Å². The highest BCUT2D eigenvalue weighted by Crippen LogP contribution is 2.25. The number of ether oxygens (including phenoxy) is 1. The van der Waals surface area contributed by atoms with Gasteiger partial charge in [-0.25, -0.2) is 9.59 Å². The zero-order valence-electron chi connectivity index (χ0n) is 13.0. The molecular formula is C17H16N2O5. The van der Waals surface area contributed by atoms with Crippen molar-refractivity contribution in [1.82, 2.24) is 0 Å². The highest BCUT2D eigenvalue weighted by molar-refractivity contribution is 5.91. The minimum atomic E-state index is -1.25. The molecule has 0 aliphatic heterocycles. The molecule has 124 valence electrons. The number of hydrogen-bond acceptors (Lipinski definition) is 6. The van der Waals surface area contributed by atoms with Gasteiger partial charge in [0.25, 0.3) is 0 Å². The molecule has 0 heterocycles. The normalized spacial score (nSPS) is 10.7. The van der Waals surface area contributed by atoms with Crippen molar-refractivity contribution >= 4 is 23.3 Å². The minimum absolute atomic E-state index is 0.250.